The van der Waals surface area contributed by atoms with Gasteiger partial charge in [0.25, 0.3) is 0 Å². The minimum Gasteiger partial charge on any atom is -0.490 e. The van der Waals surface area contributed by atoms with Crippen LogP contribution < -0.4 is 15.2 Å². The molecule has 0 saturated heterocycles. The monoisotopic (exact) mass is 479 g/mol. The zero-order valence-corrected chi connectivity index (χ0v) is 19.4. The number of pyridine rings is 2. The lowest BCUT2D eigenvalue weighted by Gasteiger charge is -2.15. The summed E-state index contributed by atoms with van der Waals surface area (Å²) < 4.78 is 39.7. The Hall–Kier alpha value is -2.58. The van der Waals surface area contributed by atoms with E-state index < -0.39 is 11.6 Å². The van der Waals surface area contributed by atoms with Crippen molar-refractivity contribution in [2.45, 2.75) is 31.6 Å². The van der Waals surface area contributed by atoms with Crippen molar-refractivity contribution in [1.29, 1.82) is 0 Å². The number of halogens is 3. The molecular weight excluding hydrogens is 456 g/mol. The van der Waals surface area contributed by atoms with E-state index in [1.165, 1.54) is 24.3 Å². The molecule has 0 aliphatic carbocycles. The lowest BCUT2D eigenvalue weighted by molar-refractivity contribution is 0.185. The van der Waals surface area contributed by atoms with Crippen LogP contribution in [0.5, 0.6) is 11.6 Å². The molecule has 2 N–H and O–H groups in total. The summed E-state index contributed by atoms with van der Waals surface area (Å²) in [7, 11) is 0. The van der Waals surface area contributed by atoms with Crippen LogP contribution in [0.1, 0.15) is 25.3 Å². The highest BCUT2D eigenvalue weighted by Crippen LogP contribution is 2.29. The molecule has 1 unspecified atom stereocenters. The summed E-state index contributed by atoms with van der Waals surface area (Å²) in [5.41, 5.74) is 7.38. The number of thioether (sulfide) groups is 1. The largest absolute Gasteiger partial charge is 0.490 e. The number of nitrogen functional groups attached to an aromatic ring is 1. The highest BCUT2D eigenvalue weighted by molar-refractivity contribution is 7.97. The molecule has 1 aromatic carbocycles. The van der Waals surface area contributed by atoms with E-state index in [4.69, 9.17) is 26.8 Å². The summed E-state index contributed by atoms with van der Waals surface area (Å²) in [6, 6.07) is 9.26. The number of aromatic nitrogens is 2. The average molecular weight is 480 g/mol. The molecule has 3 aromatic rings. The van der Waals surface area contributed by atoms with Crippen molar-refractivity contribution < 1.29 is 18.3 Å². The smallest absolute Gasteiger partial charge is 0.215 e. The second-order valence-corrected chi connectivity index (χ2v) is 8.48. The van der Waals surface area contributed by atoms with Gasteiger partial charge in [0.1, 0.15) is 16.8 Å². The van der Waals surface area contributed by atoms with Gasteiger partial charge in [-0.05, 0) is 61.4 Å². The molecule has 3 rings (SSSR count). The first-order valence-electron chi connectivity index (χ1n) is 10.0. The fourth-order valence-corrected chi connectivity index (χ4v) is 3.83. The first-order chi connectivity index (χ1) is 15.4. The maximum atomic E-state index is 14.2. The molecule has 0 fully saturated rings. The van der Waals surface area contributed by atoms with Crippen LogP contribution in [-0.2, 0) is 5.75 Å². The van der Waals surface area contributed by atoms with Gasteiger partial charge in [-0.3, -0.25) is 0 Å². The van der Waals surface area contributed by atoms with Gasteiger partial charge in [-0.15, -0.1) is 0 Å². The van der Waals surface area contributed by atoms with E-state index in [1.807, 2.05) is 25.3 Å². The third-order valence-electron chi connectivity index (χ3n) is 4.59. The molecule has 2 aromatic heterocycles. The summed E-state index contributed by atoms with van der Waals surface area (Å²) in [5.74, 6) is 0.456. The molecule has 9 heteroatoms. The fourth-order valence-electron chi connectivity index (χ4n) is 3.11. The Bertz CT molecular complexity index is 1070. The van der Waals surface area contributed by atoms with Crippen molar-refractivity contribution in [1.82, 2.24) is 9.97 Å². The molecule has 32 heavy (non-hydrogen) atoms. The summed E-state index contributed by atoms with van der Waals surface area (Å²) in [5, 5.41) is 0.393. The molecule has 0 spiro atoms. The Morgan fingerprint density at radius 3 is 2.75 bits per heavy atom. The van der Waals surface area contributed by atoms with E-state index in [0.29, 0.717) is 29.4 Å². The third kappa shape index (κ3) is 6.71. The van der Waals surface area contributed by atoms with Gasteiger partial charge in [0, 0.05) is 17.4 Å². The average Bonchev–Trinajstić information content (AvgIpc) is 2.74. The van der Waals surface area contributed by atoms with Gasteiger partial charge in [-0.1, -0.05) is 17.7 Å². The Labute approximate surface area is 195 Å². The number of nitrogens with two attached hydrogens (primary N) is 1. The van der Waals surface area contributed by atoms with Gasteiger partial charge in [0.15, 0.2) is 11.6 Å². The van der Waals surface area contributed by atoms with E-state index in [2.05, 4.69) is 9.97 Å². The van der Waals surface area contributed by atoms with Crippen molar-refractivity contribution in [3.8, 4) is 22.8 Å². The van der Waals surface area contributed by atoms with Crippen LogP contribution in [0.2, 0.25) is 5.15 Å². The van der Waals surface area contributed by atoms with Crippen LogP contribution >= 0.6 is 23.4 Å². The standard InChI is InChI=1S/C23H24ClF2N3O2S/c1-14(31-23-9-15(13-32-2)8-21(24)29-23)4-3-7-30-20-10-16(5-6-18(20)25)17-11-22(27)28-12-19(17)26/h5-6,8-12,14H,3-4,7,13H2,1-2H3,(H2,27,28). The van der Waals surface area contributed by atoms with E-state index in [0.717, 1.165) is 17.5 Å². The van der Waals surface area contributed by atoms with Crippen molar-refractivity contribution >= 4 is 29.2 Å². The highest BCUT2D eigenvalue weighted by Gasteiger charge is 2.12. The van der Waals surface area contributed by atoms with Crippen LogP contribution in [-0.4, -0.2) is 28.9 Å². The quantitative estimate of drug-likeness (QED) is 0.278. The predicted octanol–water partition coefficient (Wildman–Crippen LogP) is 6.15. The van der Waals surface area contributed by atoms with Gasteiger partial charge in [0.2, 0.25) is 5.88 Å². The highest BCUT2D eigenvalue weighted by atomic mass is 35.5. The second kappa shape index (κ2) is 11.3. The van der Waals surface area contributed by atoms with Crippen molar-refractivity contribution in [2.24, 2.45) is 0 Å². The normalized spacial score (nSPS) is 11.9. The molecule has 0 amide bonds. The fraction of sp³-hybridized carbons (Fsp3) is 0.304. The molecule has 5 nitrogen and oxygen atoms in total. The Balaban J connectivity index is 1.55. The topological polar surface area (TPSA) is 70.3 Å². The number of nitrogens with zero attached hydrogens (tertiary/aromatic N) is 2. The number of hydrogen-bond donors (Lipinski definition) is 1. The van der Waals surface area contributed by atoms with Crippen molar-refractivity contribution in [2.75, 3.05) is 18.6 Å². The summed E-state index contributed by atoms with van der Waals surface area (Å²) in [6.45, 7) is 2.20. The van der Waals surface area contributed by atoms with Crippen LogP contribution in [0, 0.1) is 11.6 Å². The first kappa shape index (κ1) is 24.1. The Morgan fingerprint density at radius 2 is 1.97 bits per heavy atom. The minimum absolute atomic E-state index is 0.0454. The van der Waals surface area contributed by atoms with Crippen molar-refractivity contribution in [3.05, 3.63) is 64.9 Å². The van der Waals surface area contributed by atoms with E-state index in [-0.39, 0.29) is 29.8 Å². The minimum atomic E-state index is -0.543. The third-order valence-corrected chi connectivity index (χ3v) is 5.41. The van der Waals surface area contributed by atoms with Gasteiger partial charge < -0.3 is 15.2 Å². The molecule has 0 bridgehead atoms. The summed E-state index contributed by atoms with van der Waals surface area (Å²) in [6.07, 6.45) is 4.22. The second-order valence-electron chi connectivity index (χ2n) is 7.22. The zero-order chi connectivity index (χ0) is 23.1. The number of ether oxygens (including phenoxy) is 2. The Morgan fingerprint density at radius 1 is 1.16 bits per heavy atom. The first-order valence-corrected chi connectivity index (χ1v) is 11.8. The van der Waals surface area contributed by atoms with Crippen LogP contribution in [0.4, 0.5) is 14.6 Å². The molecule has 2 heterocycles. The summed E-state index contributed by atoms with van der Waals surface area (Å²) >= 11 is 7.75. The zero-order valence-electron chi connectivity index (χ0n) is 17.8. The molecule has 1 atom stereocenters. The predicted molar refractivity (Wildman–Crippen MR) is 125 cm³/mol. The van der Waals surface area contributed by atoms with Crippen LogP contribution in [0.25, 0.3) is 11.1 Å². The van der Waals surface area contributed by atoms with Gasteiger partial charge >= 0.3 is 0 Å². The summed E-state index contributed by atoms with van der Waals surface area (Å²) in [4.78, 5) is 7.91. The van der Waals surface area contributed by atoms with Crippen molar-refractivity contribution in [3.63, 3.8) is 0 Å². The van der Waals surface area contributed by atoms with Gasteiger partial charge in [0.05, 0.1) is 18.9 Å². The van der Waals surface area contributed by atoms with Crippen LogP contribution in [0.3, 0.4) is 0 Å². The maximum Gasteiger partial charge on any atom is 0.215 e. The molecule has 0 aliphatic heterocycles. The molecule has 0 aliphatic rings. The van der Waals surface area contributed by atoms with Crippen LogP contribution in [0.15, 0.2) is 42.6 Å². The number of benzene rings is 1. The lowest BCUT2D eigenvalue weighted by Crippen LogP contribution is -2.14. The molecular formula is C23H24ClF2N3O2S. The number of anilines is 1. The van der Waals surface area contributed by atoms with Gasteiger partial charge in [-0.2, -0.15) is 11.8 Å². The number of rotatable bonds is 10. The van der Waals surface area contributed by atoms with Gasteiger partial charge in [-0.25, -0.2) is 18.7 Å². The SMILES string of the molecule is CSCc1cc(Cl)nc(OC(C)CCCOc2cc(-c3cc(N)ncc3F)ccc2F)c1. The van der Waals surface area contributed by atoms with E-state index in [9.17, 15) is 8.78 Å². The Kier molecular flexibility index (Phi) is 8.53. The van der Waals surface area contributed by atoms with E-state index in [1.54, 1.807) is 11.8 Å². The maximum absolute atomic E-state index is 14.2. The lowest BCUT2D eigenvalue weighted by atomic mass is 10.1. The number of hydrogen-bond acceptors (Lipinski definition) is 6. The molecule has 170 valence electrons. The molecule has 0 saturated carbocycles. The van der Waals surface area contributed by atoms with E-state index >= 15 is 0 Å². The molecule has 0 radical (unpaired) electrons.